The molecule has 1 fully saturated rings. The normalized spacial score (nSPS) is 28.5. The monoisotopic (exact) mass is 225 g/mol. The first-order valence-corrected chi connectivity index (χ1v) is 11.0. The fourth-order valence-corrected chi connectivity index (χ4v) is 6.80. The van der Waals surface area contributed by atoms with E-state index >= 15 is 0 Å². The number of hydrogen-bond acceptors (Lipinski definition) is 1. The van der Waals surface area contributed by atoms with Crippen LogP contribution in [0.25, 0.3) is 0 Å². The maximum atomic E-state index is 3.51. The number of nitrogens with one attached hydrogen (secondary N) is 1. The third-order valence-corrected chi connectivity index (χ3v) is 10.8. The molecule has 1 atom stereocenters. The summed E-state index contributed by atoms with van der Waals surface area (Å²) in [5, 5.41) is 3.51. The van der Waals surface area contributed by atoms with Crippen molar-refractivity contribution in [2.75, 3.05) is 13.1 Å². The Hall–Kier alpha value is 0.596. The summed E-state index contributed by atoms with van der Waals surface area (Å²) < 4.78 is 1.12. The van der Waals surface area contributed by atoms with Gasteiger partial charge in [-0.25, -0.2) is 0 Å². The van der Waals surface area contributed by atoms with Crippen LogP contribution < -0.4 is 5.32 Å². The van der Waals surface area contributed by atoms with Gasteiger partial charge in [-0.2, -0.15) is 0 Å². The van der Waals surface area contributed by atoms with Gasteiger partial charge in [-0.3, -0.25) is 0 Å². The quantitative estimate of drug-likeness (QED) is 0.626. The van der Waals surface area contributed by atoms with Crippen molar-refractivity contribution in [3.05, 3.63) is 0 Å². The van der Waals surface area contributed by atoms with Crippen molar-refractivity contribution in [2.45, 2.75) is 47.5 Å². The Kier molecular flexibility index (Phi) is 5.44. The van der Waals surface area contributed by atoms with Crippen molar-refractivity contribution in [1.82, 2.24) is 5.32 Å². The van der Waals surface area contributed by atoms with E-state index in [2.05, 4.69) is 17.7 Å². The second-order valence-electron chi connectivity index (χ2n) is 4.34. The molecule has 12 heavy (non-hydrogen) atoms. The summed E-state index contributed by atoms with van der Waals surface area (Å²) in [4.78, 5) is 1.62. The molecule has 0 radical (unpaired) electrons. The van der Waals surface area contributed by atoms with E-state index in [4.69, 9.17) is 0 Å². The topological polar surface area (TPSA) is 12.0 Å². The third kappa shape index (κ3) is 4.01. The first-order valence-electron chi connectivity index (χ1n) is 5.51. The van der Waals surface area contributed by atoms with Crippen LogP contribution in [0.3, 0.4) is 0 Å². The molecule has 0 aromatic rings. The van der Waals surface area contributed by atoms with Gasteiger partial charge in [0, 0.05) is 0 Å². The fourth-order valence-electron chi connectivity index (χ4n) is 1.96. The molecule has 0 aliphatic carbocycles. The van der Waals surface area contributed by atoms with Gasteiger partial charge < -0.3 is 0 Å². The molecule has 0 bridgehead atoms. The Balaban J connectivity index is 2.26. The fraction of sp³-hybridized carbons (Fsp3) is 1.00. The molecule has 0 amide bonds. The predicted octanol–water partition coefficient (Wildman–Crippen LogP) is 2.66. The Bertz CT molecular complexity index is 102. The van der Waals surface area contributed by atoms with Crippen molar-refractivity contribution in [3.63, 3.8) is 0 Å². The van der Waals surface area contributed by atoms with E-state index in [9.17, 15) is 0 Å². The molecular formula is C10H22GaN. The average molecular weight is 226 g/mol. The molecule has 1 heterocycles. The molecule has 1 N–H and O–H groups in total. The van der Waals surface area contributed by atoms with E-state index in [0.717, 1.165) is 4.47 Å². The summed E-state index contributed by atoms with van der Waals surface area (Å²) in [6.45, 7) is 5.02. The summed E-state index contributed by atoms with van der Waals surface area (Å²) in [5.74, 6) is 0. The van der Waals surface area contributed by atoms with Crippen molar-refractivity contribution < 1.29 is 0 Å². The third-order valence-electron chi connectivity index (χ3n) is 3.25. The Morgan fingerprint density at radius 2 is 1.92 bits per heavy atom. The Morgan fingerprint density at radius 1 is 1.17 bits per heavy atom. The van der Waals surface area contributed by atoms with Crippen LogP contribution in [0, 0.1) is 0 Å². The zero-order valence-electron chi connectivity index (χ0n) is 8.60. The van der Waals surface area contributed by atoms with E-state index in [1.165, 1.54) is 38.8 Å². The average Bonchev–Trinajstić information content (AvgIpc) is 2.08. The van der Waals surface area contributed by atoms with Crippen LogP contribution in [0.5, 0.6) is 0 Å². The number of rotatable bonds is 0. The van der Waals surface area contributed by atoms with Crippen molar-refractivity contribution >= 4 is 16.2 Å². The van der Waals surface area contributed by atoms with Gasteiger partial charge in [0.15, 0.2) is 0 Å². The van der Waals surface area contributed by atoms with Crippen molar-refractivity contribution in [2.24, 2.45) is 0 Å². The van der Waals surface area contributed by atoms with Gasteiger partial charge in [-0.05, 0) is 0 Å². The molecule has 1 saturated heterocycles. The van der Waals surface area contributed by atoms with Gasteiger partial charge in [0.2, 0.25) is 0 Å². The van der Waals surface area contributed by atoms with Gasteiger partial charge in [0.1, 0.15) is 0 Å². The molecule has 0 spiro atoms. The van der Waals surface area contributed by atoms with Crippen molar-refractivity contribution in [3.8, 4) is 0 Å². The molecule has 0 aromatic carbocycles. The zero-order valence-corrected chi connectivity index (χ0v) is 11.0. The van der Waals surface area contributed by atoms with Gasteiger partial charge in [-0.15, -0.1) is 0 Å². The molecule has 1 unspecified atom stereocenters. The SMILES string of the molecule is C[CH]1CCCNCCC[CH2][Ga]1[CH3]. The van der Waals surface area contributed by atoms with Gasteiger partial charge in [-0.1, -0.05) is 0 Å². The second kappa shape index (κ2) is 6.11. The van der Waals surface area contributed by atoms with E-state index in [0.29, 0.717) is 0 Å². The predicted molar refractivity (Wildman–Crippen MR) is 57.2 cm³/mol. The summed E-state index contributed by atoms with van der Waals surface area (Å²) >= 11 is -0.790. The Morgan fingerprint density at radius 3 is 2.75 bits per heavy atom. The molecule has 1 aliphatic heterocycles. The van der Waals surface area contributed by atoms with Crippen LogP contribution in [0.4, 0.5) is 0 Å². The Labute approximate surface area is 82.3 Å². The van der Waals surface area contributed by atoms with Crippen molar-refractivity contribution in [1.29, 1.82) is 0 Å². The second-order valence-corrected chi connectivity index (χ2v) is 12.0. The van der Waals surface area contributed by atoms with Crippen LogP contribution in [-0.4, -0.2) is 29.3 Å². The van der Waals surface area contributed by atoms with Crippen LogP contribution in [0.1, 0.15) is 32.6 Å². The first-order chi connectivity index (χ1) is 5.80. The maximum absolute atomic E-state index is 3.51. The number of hydrogen-bond donors (Lipinski definition) is 1. The molecule has 1 aliphatic rings. The molecule has 2 heteroatoms. The summed E-state index contributed by atoms with van der Waals surface area (Å²) in [7, 11) is 0. The van der Waals surface area contributed by atoms with Crippen LogP contribution >= 0.6 is 0 Å². The molecule has 1 nitrogen and oxygen atoms in total. The standard InChI is InChI=1S/C9H19N.CH3.Ga/c1-3-5-7-9-10-8-6-4-2;;/h3,10H,2,4-9H2,1H3;1H3;. The molecule has 1 rings (SSSR count). The molecule has 0 saturated carbocycles. The molecular weight excluding hydrogens is 204 g/mol. The van der Waals surface area contributed by atoms with Crippen LogP contribution in [0.2, 0.25) is 14.9 Å². The molecule has 0 aromatic heterocycles. The molecule has 70 valence electrons. The minimum atomic E-state index is -0.790. The van der Waals surface area contributed by atoms with Crippen LogP contribution in [0.15, 0.2) is 0 Å². The van der Waals surface area contributed by atoms with Gasteiger partial charge in [0.05, 0.1) is 0 Å². The van der Waals surface area contributed by atoms with Gasteiger partial charge in [0.25, 0.3) is 0 Å². The first kappa shape index (κ1) is 10.7. The van der Waals surface area contributed by atoms with Gasteiger partial charge >= 0.3 is 82.2 Å². The van der Waals surface area contributed by atoms with E-state index < -0.39 is 16.2 Å². The summed E-state index contributed by atoms with van der Waals surface area (Å²) in [5.41, 5.74) is 2.60. The van der Waals surface area contributed by atoms with E-state index in [1.54, 1.807) is 4.98 Å². The summed E-state index contributed by atoms with van der Waals surface area (Å²) in [6, 6.07) is 0. The van der Waals surface area contributed by atoms with E-state index in [1.807, 2.05) is 0 Å². The zero-order chi connectivity index (χ0) is 8.81. The van der Waals surface area contributed by atoms with E-state index in [-0.39, 0.29) is 0 Å². The summed E-state index contributed by atoms with van der Waals surface area (Å²) in [6.07, 6.45) is 5.83. The minimum absolute atomic E-state index is 0.790. The van der Waals surface area contributed by atoms with Crippen LogP contribution in [-0.2, 0) is 0 Å².